The van der Waals surface area contributed by atoms with Crippen LogP contribution in [0.5, 0.6) is 0 Å². The maximum absolute atomic E-state index is 11.7. The van der Waals surface area contributed by atoms with Gasteiger partial charge in [-0.15, -0.1) is 11.3 Å². The molecule has 1 atom stereocenters. The van der Waals surface area contributed by atoms with E-state index in [2.05, 4.69) is 26.6 Å². The Morgan fingerprint density at radius 3 is 2.53 bits per heavy atom. The number of hydrogen-bond donors (Lipinski definition) is 3. The minimum atomic E-state index is -1.04. The van der Waals surface area contributed by atoms with E-state index in [1.54, 1.807) is 20.8 Å². The SMILES string of the molecule is CC(C)(C)[C@@H](NC(=O)NCc1cc(Br)cs1)C(=O)O. The van der Waals surface area contributed by atoms with Crippen LogP contribution in [0.2, 0.25) is 0 Å². The van der Waals surface area contributed by atoms with E-state index in [4.69, 9.17) is 5.11 Å². The molecule has 1 aromatic heterocycles. The van der Waals surface area contributed by atoms with Gasteiger partial charge in [-0.25, -0.2) is 9.59 Å². The van der Waals surface area contributed by atoms with Gasteiger partial charge in [-0.05, 0) is 27.4 Å². The molecule has 0 aliphatic carbocycles. The number of hydrogen-bond acceptors (Lipinski definition) is 3. The average molecular weight is 349 g/mol. The van der Waals surface area contributed by atoms with Crippen LogP contribution in [0, 0.1) is 5.41 Å². The molecule has 0 aliphatic rings. The first-order chi connectivity index (χ1) is 8.70. The molecule has 1 heterocycles. The van der Waals surface area contributed by atoms with Crippen LogP contribution in [0.25, 0.3) is 0 Å². The Bertz CT molecular complexity index is 468. The third-order valence-corrected chi connectivity index (χ3v) is 4.13. The van der Waals surface area contributed by atoms with Crippen LogP contribution in [-0.2, 0) is 11.3 Å². The minimum absolute atomic E-state index is 0.374. The predicted octanol–water partition coefficient (Wildman–Crippen LogP) is 2.81. The van der Waals surface area contributed by atoms with Crippen LogP contribution in [0.15, 0.2) is 15.9 Å². The van der Waals surface area contributed by atoms with E-state index in [0.29, 0.717) is 6.54 Å². The first kappa shape index (κ1) is 16.0. The van der Waals surface area contributed by atoms with Crippen molar-refractivity contribution in [1.29, 1.82) is 0 Å². The molecule has 1 rings (SSSR count). The first-order valence-corrected chi connectivity index (χ1v) is 7.37. The average Bonchev–Trinajstić information content (AvgIpc) is 2.67. The second-order valence-electron chi connectivity index (χ2n) is 5.20. The molecule has 1 aromatic rings. The summed E-state index contributed by atoms with van der Waals surface area (Å²) in [7, 11) is 0. The van der Waals surface area contributed by atoms with Crippen LogP contribution < -0.4 is 10.6 Å². The molecule has 0 aliphatic heterocycles. The highest BCUT2D eigenvalue weighted by atomic mass is 79.9. The van der Waals surface area contributed by atoms with E-state index in [-0.39, 0.29) is 0 Å². The molecular formula is C12H17BrN2O3S. The zero-order valence-electron chi connectivity index (χ0n) is 11.0. The van der Waals surface area contributed by atoms with Crippen molar-refractivity contribution in [3.8, 4) is 0 Å². The molecule has 2 amide bonds. The molecule has 3 N–H and O–H groups in total. The highest BCUT2D eigenvalue weighted by Gasteiger charge is 2.32. The van der Waals surface area contributed by atoms with Crippen molar-refractivity contribution in [2.75, 3.05) is 0 Å². The predicted molar refractivity (Wildman–Crippen MR) is 78.3 cm³/mol. The lowest BCUT2D eigenvalue weighted by atomic mass is 9.87. The molecule has 0 saturated carbocycles. The van der Waals surface area contributed by atoms with Crippen LogP contribution in [-0.4, -0.2) is 23.1 Å². The van der Waals surface area contributed by atoms with E-state index >= 15 is 0 Å². The molecule has 0 saturated heterocycles. The van der Waals surface area contributed by atoms with E-state index in [1.807, 2.05) is 11.4 Å². The van der Waals surface area contributed by atoms with Crippen LogP contribution >= 0.6 is 27.3 Å². The number of halogens is 1. The largest absolute Gasteiger partial charge is 0.480 e. The summed E-state index contributed by atoms with van der Waals surface area (Å²) in [6.45, 7) is 5.67. The van der Waals surface area contributed by atoms with Crippen molar-refractivity contribution in [2.45, 2.75) is 33.4 Å². The maximum atomic E-state index is 11.7. The molecule has 0 fully saturated rings. The third-order valence-electron chi connectivity index (χ3n) is 2.43. The van der Waals surface area contributed by atoms with Gasteiger partial charge in [0.2, 0.25) is 0 Å². The molecule has 19 heavy (non-hydrogen) atoms. The molecule has 5 nitrogen and oxygen atoms in total. The molecule has 0 radical (unpaired) electrons. The number of carboxylic acid groups (broad SMARTS) is 1. The Morgan fingerprint density at radius 1 is 1.47 bits per heavy atom. The van der Waals surface area contributed by atoms with Crippen molar-refractivity contribution < 1.29 is 14.7 Å². The third kappa shape index (κ3) is 5.20. The number of rotatable bonds is 4. The van der Waals surface area contributed by atoms with Crippen molar-refractivity contribution in [3.05, 3.63) is 20.8 Å². The molecule has 0 spiro atoms. The quantitative estimate of drug-likeness (QED) is 0.782. The van der Waals surface area contributed by atoms with Crippen molar-refractivity contribution in [2.24, 2.45) is 5.41 Å². The summed E-state index contributed by atoms with van der Waals surface area (Å²) in [4.78, 5) is 23.8. The summed E-state index contributed by atoms with van der Waals surface area (Å²) in [5, 5.41) is 16.1. The number of carbonyl (C=O) groups excluding carboxylic acids is 1. The number of aliphatic carboxylic acids is 1. The zero-order valence-corrected chi connectivity index (χ0v) is 13.4. The van der Waals surface area contributed by atoms with Crippen molar-refractivity contribution >= 4 is 39.3 Å². The van der Waals surface area contributed by atoms with E-state index in [1.165, 1.54) is 11.3 Å². The van der Waals surface area contributed by atoms with Crippen LogP contribution in [0.4, 0.5) is 4.79 Å². The van der Waals surface area contributed by atoms with E-state index < -0.39 is 23.5 Å². The molecule has 7 heteroatoms. The number of carbonyl (C=O) groups is 2. The Balaban J connectivity index is 2.52. The summed E-state index contributed by atoms with van der Waals surface area (Å²) in [5.74, 6) is -1.04. The van der Waals surface area contributed by atoms with E-state index in [0.717, 1.165) is 9.35 Å². The smallest absolute Gasteiger partial charge is 0.326 e. The monoisotopic (exact) mass is 348 g/mol. The fourth-order valence-electron chi connectivity index (χ4n) is 1.44. The van der Waals surface area contributed by atoms with Gasteiger partial charge in [0.05, 0.1) is 6.54 Å². The lowest BCUT2D eigenvalue weighted by molar-refractivity contribution is -0.141. The number of thiophene rings is 1. The Labute approximate surface area is 124 Å². The number of urea groups is 1. The number of carboxylic acids is 1. The second kappa shape index (κ2) is 6.38. The lowest BCUT2D eigenvalue weighted by Gasteiger charge is -2.27. The van der Waals surface area contributed by atoms with Crippen molar-refractivity contribution in [1.82, 2.24) is 10.6 Å². The van der Waals surface area contributed by atoms with Gasteiger partial charge >= 0.3 is 12.0 Å². The molecule has 0 bridgehead atoms. The van der Waals surface area contributed by atoms with Gasteiger partial charge in [0, 0.05) is 14.7 Å². The van der Waals surface area contributed by atoms with E-state index in [9.17, 15) is 9.59 Å². The summed E-state index contributed by atoms with van der Waals surface area (Å²) in [6.07, 6.45) is 0. The summed E-state index contributed by atoms with van der Waals surface area (Å²) < 4.78 is 0.966. The molecule has 106 valence electrons. The highest BCUT2D eigenvalue weighted by molar-refractivity contribution is 9.10. The fourth-order valence-corrected chi connectivity index (χ4v) is 2.84. The summed E-state index contributed by atoms with van der Waals surface area (Å²) in [5.41, 5.74) is -0.546. The normalized spacial score (nSPS) is 12.8. The minimum Gasteiger partial charge on any atom is -0.480 e. The molecular weight excluding hydrogens is 332 g/mol. The fraction of sp³-hybridized carbons (Fsp3) is 0.500. The Hall–Kier alpha value is -1.08. The standard InChI is InChI=1S/C12H17BrN2O3S/c1-12(2,3)9(10(16)17)15-11(18)14-5-8-4-7(13)6-19-8/h4,6,9H,5H2,1-3H3,(H,16,17)(H2,14,15,18)/t9-/m0/s1. The van der Waals surface area contributed by atoms with Crippen molar-refractivity contribution in [3.63, 3.8) is 0 Å². The topological polar surface area (TPSA) is 78.4 Å². The Kier molecular flexibility index (Phi) is 5.37. The van der Waals surface area contributed by atoms with Gasteiger partial charge in [0.15, 0.2) is 0 Å². The van der Waals surface area contributed by atoms with Crippen LogP contribution in [0.3, 0.4) is 0 Å². The van der Waals surface area contributed by atoms with Gasteiger partial charge in [0.25, 0.3) is 0 Å². The van der Waals surface area contributed by atoms with Gasteiger partial charge in [-0.1, -0.05) is 20.8 Å². The van der Waals surface area contributed by atoms with Gasteiger partial charge in [-0.2, -0.15) is 0 Å². The molecule has 0 aromatic carbocycles. The molecule has 0 unspecified atom stereocenters. The lowest BCUT2D eigenvalue weighted by Crippen LogP contribution is -2.52. The zero-order chi connectivity index (χ0) is 14.6. The Morgan fingerprint density at radius 2 is 2.11 bits per heavy atom. The van der Waals surface area contributed by atoms with Gasteiger partial charge in [-0.3, -0.25) is 0 Å². The number of amides is 2. The maximum Gasteiger partial charge on any atom is 0.326 e. The van der Waals surface area contributed by atoms with Gasteiger partial charge in [0.1, 0.15) is 6.04 Å². The number of nitrogens with one attached hydrogen (secondary N) is 2. The van der Waals surface area contributed by atoms with Gasteiger partial charge < -0.3 is 15.7 Å². The highest BCUT2D eigenvalue weighted by Crippen LogP contribution is 2.20. The summed E-state index contributed by atoms with van der Waals surface area (Å²) in [6, 6.07) is 0.498. The first-order valence-electron chi connectivity index (χ1n) is 5.70. The second-order valence-corrected chi connectivity index (χ2v) is 7.11. The summed E-state index contributed by atoms with van der Waals surface area (Å²) >= 11 is 4.85. The van der Waals surface area contributed by atoms with Crippen LogP contribution in [0.1, 0.15) is 25.6 Å².